The van der Waals surface area contributed by atoms with Crippen LogP contribution in [0.25, 0.3) is 22.0 Å². The Kier molecular flexibility index (Phi) is 6.02. The van der Waals surface area contributed by atoms with Crippen molar-refractivity contribution in [1.82, 2.24) is 19.2 Å². The lowest BCUT2D eigenvalue weighted by Crippen LogP contribution is -2.27. The second-order valence-electron chi connectivity index (χ2n) is 8.40. The molecule has 0 aliphatic heterocycles. The van der Waals surface area contributed by atoms with E-state index < -0.39 is 10.0 Å². The van der Waals surface area contributed by atoms with Crippen molar-refractivity contribution in [3.05, 3.63) is 59.6 Å². The van der Waals surface area contributed by atoms with Crippen LogP contribution in [0.2, 0.25) is 0 Å². The Morgan fingerprint density at radius 2 is 1.94 bits per heavy atom. The molecule has 9 heteroatoms. The highest BCUT2D eigenvalue weighted by molar-refractivity contribution is 7.89. The van der Waals surface area contributed by atoms with Gasteiger partial charge in [0.15, 0.2) is 0 Å². The zero-order chi connectivity index (χ0) is 23.9. The predicted molar refractivity (Wildman–Crippen MR) is 127 cm³/mol. The average molecular weight is 469 g/mol. The first-order valence-electron chi connectivity index (χ1n) is 10.7. The molecule has 1 amide bonds. The van der Waals surface area contributed by atoms with Crippen molar-refractivity contribution in [2.24, 2.45) is 7.05 Å². The molecule has 0 radical (unpaired) electrons. The van der Waals surface area contributed by atoms with Crippen molar-refractivity contribution in [1.29, 1.82) is 0 Å². The normalized spacial score (nSPS) is 13.2. The van der Waals surface area contributed by atoms with Gasteiger partial charge >= 0.3 is 0 Å². The molecule has 174 valence electrons. The van der Waals surface area contributed by atoms with Crippen molar-refractivity contribution in [2.75, 3.05) is 14.1 Å². The molecule has 2 aromatic heterocycles. The zero-order valence-corrected chi connectivity index (χ0v) is 20.2. The van der Waals surface area contributed by atoms with Gasteiger partial charge in [0.25, 0.3) is 0 Å². The largest absolute Gasteiger partial charge is 0.459 e. The molecule has 0 fully saturated rings. The predicted octanol–water partition coefficient (Wildman–Crippen LogP) is 3.69. The molecule has 2 aromatic carbocycles. The Morgan fingerprint density at radius 1 is 1.21 bits per heavy atom. The van der Waals surface area contributed by atoms with Crippen LogP contribution in [-0.2, 0) is 28.3 Å². The van der Waals surface area contributed by atoms with E-state index in [1.165, 1.54) is 18.4 Å². The molecule has 1 atom stereocenters. The van der Waals surface area contributed by atoms with E-state index in [0.717, 1.165) is 27.8 Å². The standard InChI is InChI=1S/C24H28N4O4S/c1-15-18-8-6-7-9-21(18)32-24(15)16(2)25-23(29)13-12-22-26-19-14-17(33(30,31)27(3)4)10-11-20(19)28(22)5/h6-11,14,16H,12-13H2,1-5H3,(H,25,29). The number of furan rings is 1. The Bertz CT molecular complexity index is 1450. The minimum Gasteiger partial charge on any atom is -0.459 e. The number of hydrogen-bond donors (Lipinski definition) is 1. The second-order valence-corrected chi connectivity index (χ2v) is 10.6. The summed E-state index contributed by atoms with van der Waals surface area (Å²) >= 11 is 0. The third-order valence-corrected chi connectivity index (χ3v) is 7.76. The van der Waals surface area contributed by atoms with E-state index in [1.54, 1.807) is 18.2 Å². The number of sulfonamides is 1. The fourth-order valence-corrected chi connectivity index (χ4v) is 4.96. The van der Waals surface area contributed by atoms with Crippen molar-refractivity contribution in [3.8, 4) is 0 Å². The Morgan fingerprint density at radius 3 is 2.64 bits per heavy atom. The number of aryl methyl sites for hydroxylation is 3. The Balaban J connectivity index is 1.47. The Labute approximate surface area is 193 Å². The van der Waals surface area contributed by atoms with Gasteiger partial charge in [0.1, 0.15) is 17.2 Å². The van der Waals surface area contributed by atoms with Crippen LogP contribution in [0.1, 0.15) is 36.5 Å². The summed E-state index contributed by atoms with van der Waals surface area (Å²) in [7, 11) is 1.32. The lowest BCUT2D eigenvalue weighted by Gasteiger charge is -2.12. The molecule has 33 heavy (non-hydrogen) atoms. The maximum absolute atomic E-state index is 12.6. The highest BCUT2D eigenvalue weighted by Crippen LogP contribution is 2.29. The summed E-state index contributed by atoms with van der Waals surface area (Å²) in [5.41, 5.74) is 3.23. The minimum atomic E-state index is -3.54. The third-order valence-electron chi connectivity index (χ3n) is 5.95. The van der Waals surface area contributed by atoms with Crippen molar-refractivity contribution in [2.45, 2.75) is 37.6 Å². The minimum absolute atomic E-state index is 0.106. The van der Waals surface area contributed by atoms with Crippen LogP contribution in [0, 0.1) is 6.92 Å². The van der Waals surface area contributed by atoms with Gasteiger partial charge < -0.3 is 14.3 Å². The SMILES string of the molecule is Cc1c(C(C)NC(=O)CCc2nc3cc(S(=O)(=O)N(C)C)ccc3n2C)oc2ccccc12. The first kappa shape index (κ1) is 23.0. The van der Waals surface area contributed by atoms with E-state index in [-0.39, 0.29) is 23.3 Å². The molecule has 1 unspecified atom stereocenters. The zero-order valence-electron chi connectivity index (χ0n) is 19.4. The monoisotopic (exact) mass is 468 g/mol. The molecule has 8 nitrogen and oxygen atoms in total. The van der Waals surface area contributed by atoms with E-state index in [9.17, 15) is 13.2 Å². The van der Waals surface area contributed by atoms with Crippen molar-refractivity contribution >= 4 is 37.9 Å². The quantitative estimate of drug-likeness (QED) is 0.446. The number of rotatable bonds is 7. The van der Waals surface area contributed by atoms with Crippen LogP contribution in [0.5, 0.6) is 0 Å². The van der Waals surface area contributed by atoms with Gasteiger partial charge in [-0.05, 0) is 38.1 Å². The summed E-state index contributed by atoms with van der Waals surface area (Å²) in [5, 5.41) is 4.05. The fourth-order valence-electron chi connectivity index (χ4n) is 4.04. The molecular formula is C24H28N4O4S. The molecule has 4 aromatic rings. The lowest BCUT2D eigenvalue weighted by atomic mass is 10.1. The maximum atomic E-state index is 12.6. The summed E-state index contributed by atoms with van der Waals surface area (Å²) < 4.78 is 33.8. The topological polar surface area (TPSA) is 97.4 Å². The van der Waals surface area contributed by atoms with Gasteiger partial charge in [0.05, 0.1) is 22.0 Å². The van der Waals surface area contributed by atoms with Gasteiger partial charge in [-0.15, -0.1) is 0 Å². The van der Waals surface area contributed by atoms with Gasteiger partial charge in [-0.25, -0.2) is 17.7 Å². The van der Waals surface area contributed by atoms with Crippen LogP contribution in [0.3, 0.4) is 0 Å². The fraction of sp³-hybridized carbons (Fsp3) is 0.333. The number of para-hydroxylation sites is 1. The van der Waals surface area contributed by atoms with E-state index in [0.29, 0.717) is 17.8 Å². The molecule has 0 spiro atoms. The van der Waals surface area contributed by atoms with Gasteiger partial charge in [0.2, 0.25) is 15.9 Å². The molecule has 0 aliphatic carbocycles. The molecule has 0 saturated heterocycles. The third kappa shape index (κ3) is 4.26. The smallest absolute Gasteiger partial charge is 0.242 e. The molecule has 0 aliphatic rings. The number of carbonyl (C=O) groups is 1. The number of amides is 1. The number of nitrogens with one attached hydrogen (secondary N) is 1. The summed E-state index contributed by atoms with van der Waals surface area (Å²) in [6.07, 6.45) is 0.683. The molecular weight excluding hydrogens is 440 g/mol. The number of benzene rings is 2. The number of fused-ring (bicyclic) bond motifs is 2. The van der Waals surface area contributed by atoms with Crippen molar-refractivity contribution in [3.63, 3.8) is 0 Å². The highest BCUT2D eigenvalue weighted by atomic mass is 32.2. The number of carbonyl (C=O) groups excluding carboxylic acids is 1. The van der Waals surface area contributed by atoms with Gasteiger partial charge in [-0.2, -0.15) is 0 Å². The van der Waals surface area contributed by atoms with Crippen LogP contribution in [-0.4, -0.2) is 42.3 Å². The van der Waals surface area contributed by atoms with Gasteiger partial charge in [0, 0.05) is 44.9 Å². The average Bonchev–Trinajstić information content (AvgIpc) is 3.29. The second kappa shape index (κ2) is 8.64. The molecule has 2 heterocycles. The lowest BCUT2D eigenvalue weighted by molar-refractivity contribution is -0.121. The Hall–Kier alpha value is -3.17. The molecule has 1 N–H and O–H groups in total. The van der Waals surface area contributed by atoms with Crippen LogP contribution in [0.4, 0.5) is 0 Å². The molecule has 0 bridgehead atoms. The number of imidazole rings is 1. The van der Waals surface area contributed by atoms with Crippen LogP contribution < -0.4 is 5.32 Å². The summed E-state index contributed by atoms with van der Waals surface area (Å²) in [4.78, 5) is 17.4. The van der Waals surface area contributed by atoms with Gasteiger partial charge in [-0.3, -0.25) is 4.79 Å². The van der Waals surface area contributed by atoms with E-state index in [2.05, 4.69) is 10.3 Å². The molecule has 0 saturated carbocycles. The summed E-state index contributed by atoms with van der Waals surface area (Å²) in [6, 6.07) is 12.4. The first-order chi connectivity index (χ1) is 15.6. The highest BCUT2D eigenvalue weighted by Gasteiger charge is 2.21. The number of nitrogens with zero attached hydrogens (tertiary/aromatic N) is 3. The summed E-state index contributed by atoms with van der Waals surface area (Å²) in [6.45, 7) is 3.90. The van der Waals surface area contributed by atoms with Gasteiger partial charge in [-0.1, -0.05) is 18.2 Å². The van der Waals surface area contributed by atoms with Crippen LogP contribution in [0.15, 0.2) is 51.8 Å². The van der Waals surface area contributed by atoms with E-state index in [4.69, 9.17) is 4.42 Å². The number of hydrogen-bond acceptors (Lipinski definition) is 5. The molecule has 4 rings (SSSR count). The van der Waals surface area contributed by atoms with E-state index >= 15 is 0 Å². The van der Waals surface area contributed by atoms with E-state index in [1.807, 2.05) is 49.7 Å². The number of aromatic nitrogens is 2. The summed E-state index contributed by atoms with van der Waals surface area (Å²) in [5.74, 6) is 1.36. The van der Waals surface area contributed by atoms with Crippen LogP contribution >= 0.6 is 0 Å². The van der Waals surface area contributed by atoms with Crippen molar-refractivity contribution < 1.29 is 17.6 Å². The maximum Gasteiger partial charge on any atom is 0.242 e. The first-order valence-corrected chi connectivity index (χ1v) is 12.2.